The summed E-state index contributed by atoms with van der Waals surface area (Å²) in [7, 11) is 0. The van der Waals surface area contributed by atoms with Crippen molar-refractivity contribution in [3.63, 3.8) is 0 Å². The lowest BCUT2D eigenvalue weighted by Gasteiger charge is -2.34. The fourth-order valence-corrected chi connectivity index (χ4v) is 4.04. The largest absolute Gasteiger partial charge is 0.416 e. The van der Waals surface area contributed by atoms with E-state index in [0.717, 1.165) is 26.7 Å². The van der Waals surface area contributed by atoms with Gasteiger partial charge in [-0.15, -0.1) is 0 Å². The number of carbonyl (C=O) groups is 1. The number of nitrogens with two attached hydrogens (primary N) is 1. The van der Waals surface area contributed by atoms with Gasteiger partial charge in [0, 0.05) is 22.3 Å². The summed E-state index contributed by atoms with van der Waals surface area (Å²) in [6.07, 6.45) is 2.23. The van der Waals surface area contributed by atoms with Gasteiger partial charge in [-0.1, -0.05) is 51.8 Å². The molecule has 4 nitrogen and oxygen atoms in total. The van der Waals surface area contributed by atoms with Crippen LogP contribution < -0.4 is 10.5 Å². The second kappa shape index (κ2) is 8.94. The van der Waals surface area contributed by atoms with Gasteiger partial charge in [0.2, 0.25) is 0 Å². The Balaban J connectivity index is 1.69. The van der Waals surface area contributed by atoms with Crippen molar-refractivity contribution in [3.8, 4) is 5.75 Å². The summed E-state index contributed by atoms with van der Waals surface area (Å²) in [5.74, 6) is -0.0745. The minimum atomic E-state index is -0.477. The van der Waals surface area contributed by atoms with Crippen LogP contribution in [-0.2, 0) is 0 Å². The summed E-state index contributed by atoms with van der Waals surface area (Å²) in [6.45, 7) is 2.49. The molecule has 0 saturated heterocycles. The molecule has 0 aromatic heterocycles. The van der Waals surface area contributed by atoms with Crippen molar-refractivity contribution in [1.29, 1.82) is 0 Å². The molecule has 31 heavy (non-hydrogen) atoms. The van der Waals surface area contributed by atoms with Crippen molar-refractivity contribution >= 4 is 33.3 Å². The molecule has 1 atom stereocenters. The van der Waals surface area contributed by atoms with E-state index in [1.807, 2.05) is 49.4 Å². The van der Waals surface area contributed by atoms with E-state index >= 15 is 0 Å². The van der Waals surface area contributed by atoms with Gasteiger partial charge < -0.3 is 10.5 Å². The highest BCUT2D eigenvalue weighted by Gasteiger charge is 2.30. The van der Waals surface area contributed by atoms with Gasteiger partial charge in [-0.05, 0) is 66.9 Å². The molecule has 158 valence electrons. The number of aryl methyl sites for hydroxylation is 1. The van der Waals surface area contributed by atoms with Crippen LogP contribution in [0.2, 0.25) is 0 Å². The third-order valence-corrected chi connectivity index (χ3v) is 5.84. The monoisotopic (exact) mass is 480 g/mol. The van der Waals surface area contributed by atoms with Gasteiger partial charge in [-0.25, -0.2) is 9.18 Å². The zero-order chi connectivity index (χ0) is 22.0. The summed E-state index contributed by atoms with van der Waals surface area (Å²) < 4.78 is 19.7. The van der Waals surface area contributed by atoms with Crippen molar-refractivity contribution in [1.82, 2.24) is 4.90 Å². The zero-order valence-corrected chi connectivity index (χ0v) is 18.6. The third kappa shape index (κ3) is 4.80. The number of hydrogen-bond donors (Lipinski definition) is 1. The first-order valence-electron chi connectivity index (χ1n) is 9.97. The molecule has 0 aliphatic carbocycles. The molecule has 1 amide bonds. The fraction of sp³-hybridized carbons (Fsp3) is 0.160. The molecule has 0 radical (unpaired) electrons. The summed E-state index contributed by atoms with van der Waals surface area (Å²) >= 11 is 3.51. The number of benzene rings is 3. The Morgan fingerprint density at radius 2 is 1.81 bits per heavy atom. The Labute approximate surface area is 189 Å². The standard InChI is InChI=1S/C25H22BrFN2O2/c1-16-2-4-17(5-3-16)24-14-18(22-15-19(26)6-11-23(22)28)12-13-29(24)25(30)31-21-9-7-20(27)8-10-21/h2-11,14-15,24H,12-13,28H2,1H3. The SMILES string of the molecule is Cc1ccc(C2C=C(c3cc(Br)ccc3N)CCN2C(=O)Oc2ccc(F)cc2)cc1. The van der Waals surface area contributed by atoms with Crippen molar-refractivity contribution in [3.05, 3.63) is 99.8 Å². The van der Waals surface area contributed by atoms with Crippen LogP contribution >= 0.6 is 15.9 Å². The Kier molecular flexibility index (Phi) is 6.09. The molecule has 3 aromatic carbocycles. The van der Waals surface area contributed by atoms with Crippen LogP contribution in [0.4, 0.5) is 14.9 Å². The Morgan fingerprint density at radius 3 is 2.52 bits per heavy atom. The quantitative estimate of drug-likeness (QED) is 0.434. The molecule has 6 heteroatoms. The summed E-state index contributed by atoms with van der Waals surface area (Å²) in [5.41, 5.74) is 11.1. The smallest absolute Gasteiger partial charge is 0.410 e. The van der Waals surface area contributed by atoms with Crippen molar-refractivity contribution in [2.24, 2.45) is 0 Å². The van der Waals surface area contributed by atoms with Gasteiger partial charge in [-0.3, -0.25) is 4.90 Å². The molecule has 1 aliphatic heterocycles. The van der Waals surface area contributed by atoms with Crippen LogP contribution in [0, 0.1) is 12.7 Å². The van der Waals surface area contributed by atoms with E-state index in [2.05, 4.69) is 22.0 Å². The van der Waals surface area contributed by atoms with Crippen LogP contribution in [0.1, 0.15) is 29.2 Å². The molecule has 3 aromatic rings. The summed E-state index contributed by atoms with van der Waals surface area (Å²) in [6, 6.07) is 19.0. The van der Waals surface area contributed by atoms with Crippen LogP contribution in [0.25, 0.3) is 5.57 Å². The molecular formula is C25H22BrFN2O2. The van der Waals surface area contributed by atoms with E-state index in [4.69, 9.17) is 10.5 Å². The molecule has 1 unspecified atom stereocenters. The van der Waals surface area contributed by atoms with Crippen LogP contribution in [0.3, 0.4) is 0 Å². The van der Waals surface area contributed by atoms with Gasteiger partial charge in [-0.2, -0.15) is 0 Å². The lowest BCUT2D eigenvalue weighted by molar-refractivity contribution is 0.140. The molecule has 0 saturated carbocycles. The van der Waals surface area contributed by atoms with Gasteiger partial charge in [0.25, 0.3) is 0 Å². The third-order valence-electron chi connectivity index (χ3n) is 5.35. The van der Waals surface area contributed by atoms with E-state index in [-0.39, 0.29) is 11.9 Å². The van der Waals surface area contributed by atoms with E-state index in [1.165, 1.54) is 24.3 Å². The van der Waals surface area contributed by atoms with E-state index in [0.29, 0.717) is 24.4 Å². The summed E-state index contributed by atoms with van der Waals surface area (Å²) in [5, 5.41) is 0. The number of nitrogens with zero attached hydrogens (tertiary/aromatic N) is 1. The highest BCUT2D eigenvalue weighted by atomic mass is 79.9. The van der Waals surface area contributed by atoms with E-state index < -0.39 is 6.09 Å². The van der Waals surface area contributed by atoms with E-state index in [1.54, 1.807) is 4.90 Å². The lowest BCUT2D eigenvalue weighted by Crippen LogP contribution is -2.39. The molecule has 0 spiro atoms. The highest BCUT2D eigenvalue weighted by Crippen LogP contribution is 2.37. The normalized spacial score (nSPS) is 16.0. The average molecular weight is 481 g/mol. The number of anilines is 1. The number of rotatable bonds is 3. The van der Waals surface area contributed by atoms with Gasteiger partial charge in [0.15, 0.2) is 0 Å². The lowest BCUT2D eigenvalue weighted by atomic mass is 9.91. The maximum Gasteiger partial charge on any atom is 0.416 e. The first-order valence-corrected chi connectivity index (χ1v) is 10.8. The second-order valence-electron chi connectivity index (χ2n) is 7.54. The number of halogens is 2. The second-order valence-corrected chi connectivity index (χ2v) is 8.46. The maximum atomic E-state index is 13.2. The molecule has 1 heterocycles. The first-order chi connectivity index (χ1) is 14.9. The van der Waals surface area contributed by atoms with Crippen molar-refractivity contribution < 1.29 is 13.9 Å². The summed E-state index contributed by atoms with van der Waals surface area (Å²) in [4.78, 5) is 14.7. The maximum absolute atomic E-state index is 13.2. The van der Waals surface area contributed by atoms with Gasteiger partial charge >= 0.3 is 6.09 Å². The number of nitrogen functional groups attached to an aromatic ring is 1. The highest BCUT2D eigenvalue weighted by molar-refractivity contribution is 9.10. The van der Waals surface area contributed by atoms with Gasteiger partial charge in [0.05, 0.1) is 6.04 Å². The van der Waals surface area contributed by atoms with Crippen LogP contribution in [0.15, 0.2) is 77.3 Å². The number of amides is 1. The first kappa shape index (κ1) is 21.1. The predicted molar refractivity (Wildman–Crippen MR) is 124 cm³/mol. The molecule has 2 N–H and O–H groups in total. The minimum Gasteiger partial charge on any atom is -0.410 e. The van der Waals surface area contributed by atoms with Crippen molar-refractivity contribution in [2.45, 2.75) is 19.4 Å². The average Bonchev–Trinajstić information content (AvgIpc) is 2.77. The van der Waals surface area contributed by atoms with Crippen LogP contribution in [-0.4, -0.2) is 17.5 Å². The fourth-order valence-electron chi connectivity index (χ4n) is 3.68. The molecule has 0 bridgehead atoms. The molecule has 1 aliphatic rings. The number of carbonyl (C=O) groups excluding carboxylic acids is 1. The zero-order valence-electron chi connectivity index (χ0n) is 17.0. The number of ether oxygens (including phenoxy) is 1. The minimum absolute atomic E-state index is 0.306. The predicted octanol–water partition coefficient (Wildman–Crippen LogP) is 6.51. The van der Waals surface area contributed by atoms with E-state index in [9.17, 15) is 9.18 Å². The Bertz CT molecular complexity index is 1130. The van der Waals surface area contributed by atoms with Crippen molar-refractivity contribution in [2.75, 3.05) is 12.3 Å². The number of hydrogen-bond acceptors (Lipinski definition) is 3. The Hall–Kier alpha value is -3.12. The molecule has 4 rings (SSSR count). The molecular weight excluding hydrogens is 459 g/mol. The Morgan fingerprint density at radius 1 is 1.10 bits per heavy atom. The topological polar surface area (TPSA) is 55.6 Å². The van der Waals surface area contributed by atoms with Gasteiger partial charge in [0.1, 0.15) is 11.6 Å². The molecule has 0 fully saturated rings. The van der Waals surface area contributed by atoms with Crippen LogP contribution in [0.5, 0.6) is 5.75 Å².